The number of rotatable bonds is 3. The van der Waals surface area contributed by atoms with E-state index in [-0.39, 0.29) is 35.5 Å². The molecule has 0 saturated carbocycles. The molecule has 4 heteroatoms. The topological polar surface area (TPSA) is 53.2 Å². The van der Waals surface area contributed by atoms with Crippen LogP contribution < -0.4 is 0 Å². The lowest BCUT2D eigenvalue weighted by molar-refractivity contribution is -0.139. The molecule has 4 nitrogen and oxygen atoms in total. The van der Waals surface area contributed by atoms with Crippen LogP contribution in [-0.2, 0) is 16.0 Å². The van der Waals surface area contributed by atoms with E-state index in [1.807, 2.05) is 48.7 Å². The monoisotopic (exact) mass is 418 g/mol. The van der Waals surface area contributed by atoms with Gasteiger partial charge in [0.2, 0.25) is 11.8 Å². The SMILES string of the molecule is O=C1[C@@H]2C3c4ccccc4C(c4ccccc43)[C@H]2C(=O)N1CCc1c[nH]c2ccccc12. The van der Waals surface area contributed by atoms with Crippen LogP contribution in [0, 0.1) is 11.8 Å². The fourth-order valence-electron chi connectivity index (χ4n) is 6.53. The summed E-state index contributed by atoms with van der Waals surface area (Å²) in [6.07, 6.45) is 2.66. The second-order valence-corrected chi connectivity index (χ2v) is 9.20. The normalized spacial score (nSPS) is 25.2. The summed E-state index contributed by atoms with van der Waals surface area (Å²) in [7, 11) is 0. The third kappa shape index (κ3) is 2.22. The van der Waals surface area contributed by atoms with Gasteiger partial charge in [0, 0.05) is 35.5 Å². The van der Waals surface area contributed by atoms with Crippen molar-refractivity contribution in [2.24, 2.45) is 11.8 Å². The third-order valence-corrected chi connectivity index (χ3v) is 7.82. The summed E-state index contributed by atoms with van der Waals surface area (Å²) < 4.78 is 0. The first kappa shape index (κ1) is 18.0. The molecular formula is C28H22N2O2. The number of nitrogens with zero attached hydrogens (tertiary/aromatic N) is 1. The zero-order valence-corrected chi connectivity index (χ0v) is 17.5. The lowest BCUT2D eigenvalue weighted by Crippen LogP contribution is -2.41. The fraction of sp³-hybridized carbons (Fsp3) is 0.214. The third-order valence-electron chi connectivity index (χ3n) is 7.82. The van der Waals surface area contributed by atoms with Crippen LogP contribution in [0.15, 0.2) is 79.0 Å². The summed E-state index contributed by atoms with van der Waals surface area (Å²) in [6.45, 7) is 0.429. The summed E-state index contributed by atoms with van der Waals surface area (Å²) in [5.41, 5.74) is 7.10. The number of carbonyl (C=O) groups excluding carboxylic acids is 2. The number of amides is 2. The van der Waals surface area contributed by atoms with Crippen molar-refractivity contribution in [3.05, 3.63) is 107 Å². The van der Waals surface area contributed by atoms with Crippen LogP contribution in [0.1, 0.15) is 39.7 Å². The van der Waals surface area contributed by atoms with Gasteiger partial charge in [-0.2, -0.15) is 0 Å². The van der Waals surface area contributed by atoms with Crippen LogP contribution >= 0.6 is 0 Å². The zero-order valence-electron chi connectivity index (χ0n) is 17.5. The number of hydrogen-bond donors (Lipinski definition) is 1. The molecule has 1 aromatic heterocycles. The molecule has 1 aliphatic heterocycles. The van der Waals surface area contributed by atoms with Gasteiger partial charge in [-0.15, -0.1) is 0 Å². The molecule has 2 amide bonds. The van der Waals surface area contributed by atoms with E-state index in [0.29, 0.717) is 13.0 Å². The molecule has 0 unspecified atom stereocenters. The molecule has 0 spiro atoms. The standard InChI is InChI=1S/C28H22N2O2/c31-27-25-23-18-8-1-2-9-19(18)24(21-11-4-3-10-20(21)23)26(25)28(32)30(27)14-13-16-15-29-22-12-6-5-7-17(16)22/h1-12,15,23-26,29H,13-14H2/t23?,24?,25-,26-/m1/s1. The van der Waals surface area contributed by atoms with Crippen LogP contribution in [0.3, 0.4) is 0 Å². The highest BCUT2D eigenvalue weighted by molar-refractivity contribution is 6.07. The first-order valence-electron chi connectivity index (χ1n) is 11.3. The Bertz CT molecular complexity index is 1300. The molecule has 156 valence electrons. The quantitative estimate of drug-likeness (QED) is 0.494. The van der Waals surface area contributed by atoms with Gasteiger partial charge < -0.3 is 4.98 Å². The summed E-state index contributed by atoms with van der Waals surface area (Å²) in [5.74, 6) is -0.655. The van der Waals surface area contributed by atoms with Crippen molar-refractivity contribution in [1.82, 2.24) is 9.88 Å². The van der Waals surface area contributed by atoms with Crippen molar-refractivity contribution < 1.29 is 9.59 Å². The molecule has 1 N–H and O–H groups in total. The molecule has 2 heterocycles. The van der Waals surface area contributed by atoms with Crippen molar-refractivity contribution in [2.75, 3.05) is 6.54 Å². The number of aromatic nitrogens is 1. The van der Waals surface area contributed by atoms with Gasteiger partial charge in [-0.1, -0.05) is 66.7 Å². The van der Waals surface area contributed by atoms with Crippen LogP contribution in [-0.4, -0.2) is 28.2 Å². The molecule has 1 fully saturated rings. The Morgan fingerprint density at radius 3 is 1.75 bits per heavy atom. The number of benzene rings is 3. The van der Waals surface area contributed by atoms with E-state index in [4.69, 9.17) is 0 Å². The molecular weight excluding hydrogens is 396 g/mol. The van der Waals surface area contributed by atoms with E-state index >= 15 is 0 Å². The smallest absolute Gasteiger partial charge is 0.234 e. The van der Waals surface area contributed by atoms with Crippen LogP contribution in [0.2, 0.25) is 0 Å². The fourth-order valence-corrected chi connectivity index (χ4v) is 6.53. The minimum Gasteiger partial charge on any atom is -0.361 e. The van der Waals surface area contributed by atoms with E-state index < -0.39 is 0 Å². The van der Waals surface area contributed by atoms with Crippen molar-refractivity contribution in [3.8, 4) is 0 Å². The van der Waals surface area contributed by atoms with Gasteiger partial charge in [0.1, 0.15) is 0 Å². The van der Waals surface area contributed by atoms with E-state index in [9.17, 15) is 9.59 Å². The minimum absolute atomic E-state index is 0.00107. The Morgan fingerprint density at radius 2 is 1.19 bits per heavy atom. The Labute approximate surface area is 185 Å². The molecule has 3 aliphatic carbocycles. The first-order chi connectivity index (χ1) is 15.7. The lowest BCUT2D eigenvalue weighted by Gasteiger charge is -2.45. The van der Waals surface area contributed by atoms with E-state index in [0.717, 1.165) is 16.5 Å². The molecule has 2 atom stereocenters. The number of aromatic amines is 1. The van der Waals surface area contributed by atoms with E-state index in [1.165, 1.54) is 22.3 Å². The first-order valence-corrected chi connectivity index (χ1v) is 11.3. The van der Waals surface area contributed by atoms with Crippen LogP contribution in [0.25, 0.3) is 10.9 Å². The lowest BCUT2D eigenvalue weighted by atomic mass is 9.55. The maximum atomic E-state index is 13.7. The zero-order chi connectivity index (χ0) is 21.4. The van der Waals surface area contributed by atoms with E-state index in [1.54, 1.807) is 4.90 Å². The Morgan fingerprint density at radius 1 is 0.688 bits per heavy atom. The van der Waals surface area contributed by atoms with Crippen molar-refractivity contribution in [3.63, 3.8) is 0 Å². The van der Waals surface area contributed by atoms with Gasteiger partial charge in [-0.3, -0.25) is 14.5 Å². The number of fused-ring (bicyclic) bond motifs is 1. The maximum Gasteiger partial charge on any atom is 0.234 e. The number of para-hydroxylation sites is 1. The van der Waals surface area contributed by atoms with Gasteiger partial charge in [0.25, 0.3) is 0 Å². The van der Waals surface area contributed by atoms with Gasteiger partial charge >= 0.3 is 0 Å². The highest BCUT2D eigenvalue weighted by Gasteiger charge is 2.61. The number of imide groups is 1. The van der Waals surface area contributed by atoms with E-state index in [2.05, 4.69) is 35.3 Å². The van der Waals surface area contributed by atoms with Crippen molar-refractivity contribution in [2.45, 2.75) is 18.3 Å². The summed E-state index contributed by atoms with van der Waals surface area (Å²) >= 11 is 0. The maximum absolute atomic E-state index is 13.7. The Balaban J connectivity index is 1.27. The molecule has 32 heavy (non-hydrogen) atoms. The molecule has 8 rings (SSSR count). The van der Waals surface area contributed by atoms with Crippen molar-refractivity contribution >= 4 is 22.7 Å². The minimum atomic E-state index is -0.291. The molecule has 1 saturated heterocycles. The molecule has 4 aromatic rings. The average molecular weight is 418 g/mol. The number of likely N-dealkylation sites (tertiary alicyclic amines) is 1. The second-order valence-electron chi connectivity index (χ2n) is 9.20. The molecule has 3 aromatic carbocycles. The number of hydrogen-bond acceptors (Lipinski definition) is 2. The highest BCUT2D eigenvalue weighted by Crippen LogP contribution is 2.60. The summed E-state index contributed by atoms with van der Waals surface area (Å²) in [5, 5.41) is 1.16. The van der Waals surface area contributed by atoms with Crippen LogP contribution in [0.4, 0.5) is 0 Å². The second kappa shape index (κ2) is 6.42. The molecule has 2 bridgehead atoms. The molecule has 0 radical (unpaired) electrons. The van der Waals surface area contributed by atoms with Gasteiger partial charge in [-0.05, 0) is 40.3 Å². The molecule has 4 aliphatic rings. The Kier molecular flexibility index (Phi) is 3.61. The number of carbonyl (C=O) groups is 2. The summed E-state index contributed by atoms with van der Waals surface area (Å²) in [6, 6.07) is 24.9. The highest BCUT2D eigenvalue weighted by atomic mass is 16.2. The van der Waals surface area contributed by atoms with Gasteiger partial charge in [0.15, 0.2) is 0 Å². The predicted molar refractivity (Wildman–Crippen MR) is 122 cm³/mol. The largest absolute Gasteiger partial charge is 0.361 e. The Hall–Kier alpha value is -3.66. The predicted octanol–water partition coefficient (Wildman–Crippen LogP) is 4.60. The van der Waals surface area contributed by atoms with Gasteiger partial charge in [0.05, 0.1) is 11.8 Å². The summed E-state index contributed by atoms with van der Waals surface area (Å²) in [4.78, 5) is 32.2. The number of nitrogens with one attached hydrogen (secondary N) is 1. The van der Waals surface area contributed by atoms with Crippen molar-refractivity contribution in [1.29, 1.82) is 0 Å². The van der Waals surface area contributed by atoms with Gasteiger partial charge in [-0.25, -0.2) is 0 Å². The van der Waals surface area contributed by atoms with Crippen LogP contribution in [0.5, 0.6) is 0 Å². The number of H-pyrrole nitrogens is 1. The average Bonchev–Trinajstić information content (AvgIpc) is 3.36.